The van der Waals surface area contributed by atoms with E-state index in [4.69, 9.17) is 0 Å². The van der Waals surface area contributed by atoms with Gasteiger partial charge in [-0.1, -0.05) is 15.0 Å². The first kappa shape index (κ1) is 20.3. The highest BCUT2D eigenvalue weighted by Gasteiger charge is 2.23. The maximum atomic E-state index is 12.6. The smallest absolute Gasteiger partial charge is 0.387 e. The van der Waals surface area contributed by atoms with Gasteiger partial charge in [-0.15, -0.1) is 0 Å². The summed E-state index contributed by atoms with van der Waals surface area (Å²) in [6, 6.07) is 6.65. The van der Waals surface area contributed by atoms with E-state index < -0.39 is 29.2 Å². The molecule has 0 unspecified atom stereocenters. The van der Waals surface area contributed by atoms with Crippen molar-refractivity contribution in [1.29, 1.82) is 0 Å². The second-order valence-corrected chi connectivity index (χ2v) is 6.07. The monoisotopic (exact) mass is 409 g/mol. The third kappa shape index (κ3) is 4.71. The fourth-order valence-corrected chi connectivity index (χ4v) is 2.98. The number of pyridine rings is 1. The molecule has 2 aromatic rings. The number of hydrogen-bond donors (Lipinski definition) is 0. The molecule has 0 bridgehead atoms. The maximum absolute atomic E-state index is 12.6. The van der Waals surface area contributed by atoms with E-state index in [0.717, 1.165) is 30.7 Å². The van der Waals surface area contributed by atoms with Gasteiger partial charge in [0, 0.05) is 24.2 Å². The molecule has 6 nitrogen and oxygen atoms in total. The Kier molecular flexibility index (Phi) is 6.10. The fourth-order valence-electron chi connectivity index (χ4n) is 2.98. The van der Waals surface area contributed by atoms with Gasteiger partial charge in [-0.25, -0.2) is 0 Å². The molecule has 0 saturated heterocycles. The van der Waals surface area contributed by atoms with Crippen molar-refractivity contribution in [2.24, 2.45) is 0 Å². The van der Waals surface area contributed by atoms with Crippen LogP contribution in [0.4, 0.5) is 23.4 Å². The summed E-state index contributed by atoms with van der Waals surface area (Å²) < 4.78 is 54.3. The number of ether oxygens (including phenoxy) is 1. The lowest BCUT2D eigenvalue weighted by atomic mass is 10.1. The van der Waals surface area contributed by atoms with E-state index in [1.165, 1.54) is 18.2 Å². The summed E-state index contributed by atoms with van der Waals surface area (Å²) in [5.74, 6) is -2.86. The zero-order valence-electron chi connectivity index (χ0n) is 14.9. The minimum atomic E-state index is -3.31. The van der Waals surface area contributed by atoms with Crippen LogP contribution < -0.4 is 9.64 Å². The van der Waals surface area contributed by atoms with Crippen LogP contribution in [-0.2, 0) is 11.2 Å². The molecule has 0 saturated carbocycles. The van der Waals surface area contributed by atoms with E-state index >= 15 is 0 Å². The van der Waals surface area contributed by atoms with E-state index in [9.17, 15) is 27.3 Å². The molecule has 0 aliphatic carbocycles. The van der Waals surface area contributed by atoms with Gasteiger partial charge in [-0.2, -0.15) is 8.78 Å². The summed E-state index contributed by atoms with van der Waals surface area (Å²) in [5, 5.41) is -1.73. The lowest BCUT2D eigenvalue weighted by molar-refractivity contribution is -0.114. The maximum Gasteiger partial charge on any atom is 0.387 e. The topological polar surface area (TPSA) is 62.7 Å². The molecule has 1 aromatic heterocycles. The number of halogens is 4. The van der Waals surface area contributed by atoms with Gasteiger partial charge in [0.1, 0.15) is 5.75 Å². The molecule has 1 aromatic carbocycles. The van der Waals surface area contributed by atoms with Crippen molar-refractivity contribution in [3.05, 3.63) is 59.4 Å². The molecule has 152 valence electrons. The van der Waals surface area contributed by atoms with Crippen molar-refractivity contribution in [2.75, 3.05) is 11.4 Å². The minimum Gasteiger partial charge on any atom is -0.434 e. The first-order valence-corrected chi connectivity index (χ1v) is 8.55. The van der Waals surface area contributed by atoms with Gasteiger partial charge < -0.3 is 9.64 Å². The number of nitrogens with zero attached hydrogens (tertiary/aromatic N) is 3. The predicted molar refractivity (Wildman–Crippen MR) is 95.4 cm³/mol. The Labute approximate surface area is 162 Å². The van der Waals surface area contributed by atoms with Crippen LogP contribution in [0.2, 0.25) is 0 Å². The Hall–Kier alpha value is -3.43. The lowest BCUT2D eigenvalue weighted by Gasteiger charge is -2.27. The number of aryl methyl sites for hydroxylation is 1. The van der Waals surface area contributed by atoms with Gasteiger partial charge >= 0.3 is 12.5 Å². The Bertz CT molecular complexity index is 950. The molecule has 0 fully saturated rings. The average Bonchev–Trinajstić information content (AvgIpc) is 2.70. The van der Waals surface area contributed by atoms with Crippen LogP contribution in [0.25, 0.3) is 6.08 Å². The molecule has 1 aliphatic rings. The number of fused-ring (bicyclic) bond motifs is 1. The van der Waals surface area contributed by atoms with Crippen LogP contribution in [0.15, 0.2) is 42.6 Å². The second kappa shape index (κ2) is 8.72. The van der Waals surface area contributed by atoms with Crippen LogP contribution in [0.1, 0.15) is 28.0 Å². The zero-order chi connectivity index (χ0) is 21.0. The second-order valence-electron chi connectivity index (χ2n) is 6.07. The highest BCUT2D eigenvalue weighted by atomic mass is 19.4. The van der Waals surface area contributed by atoms with Gasteiger partial charge in [0.25, 0.3) is 5.91 Å². The molecule has 0 N–H and O–H groups in total. The van der Waals surface area contributed by atoms with Gasteiger partial charge in [0.15, 0.2) is 0 Å². The van der Waals surface area contributed by atoms with Crippen LogP contribution in [0.3, 0.4) is 0 Å². The van der Waals surface area contributed by atoms with Crippen molar-refractivity contribution < 1.29 is 32.1 Å². The van der Waals surface area contributed by atoms with Gasteiger partial charge in [0.2, 0.25) is 0 Å². The van der Waals surface area contributed by atoms with E-state index in [2.05, 4.69) is 9.72 Å². The van der Waals surface area contributed by atoms with E-state index in [-0.39, 0.29) is 11.5 Å². The molecule has 0 radical (unpaired) electrons. The van der Waals surface area contributed by atoms with Crippen LogP contribution in [0.5, 0.6) is 5.75 Å². The van der Waals surface area contributed by atoms with Gasteiger partial charge in [-0.3, -0.25) is 14.6 Å². The molecule has 0 atom stereocenters. The molecule has 29 heavy (non-hydrogen) atoms. The summed E-state index contributed by atoms with van der Waals surface area (Å²) in [6.07, 6.45) is 5.69. The number of alkyl halides is 2. The first-order chi connectivity index (χ1) is 13.9. The van der Waals surface area contributed by atoms with Gasteiger partial charge in [0.05, 0.1) is 16.9 Å². The molecular weight excluding hydrogens is 394 g/mol. The predicted octanol–water partition coefficient (Wildman–Crippen LogP) is 3.89. The Morgan fingerprint density at radius 2 is 2.03 bits per heavy atom. The Balaban J connectivity index is 1.83. The molecule has 3 rings (SSSR count). The summed E-state index contributed by atoms with van der Waals surface area (Å²) in [7, 11) is 0. The number of carbonyl (C=O) groups is 2. The number of benzene rings is 1. The standard InChI is InChI=1S/C19H15F4N3O3/c20-19(21)29-16-11-12(5-7-13(16)18(28)26(22)23)6-8-17(27)25-10-2-3-14-15(25)4-1-9-24-14/h1,4-9,11,19H,2-3,10H2/b8-6+. The summed E-state index contributed by atoms with van der Waals surface area (Å²) in [6.45, 7) is -2.81. The number of rotatable bonds is 5. The largest absolute Gasteiger partial charge is 0.434 e. The number of hydrogen-bond acceptors (Lipinski definition) is 4. The summed E-state index contributed by atoms with van der Waals surface area (Å²) in [5.41, 5.74) is 0.994. The Morgan fingerprint density at radius 1 is 1.24 bits per heavy atom. The van der Waals surface area contributed by atoms with Crippen molar-refractivity contribution in [2.45, 2.75) is 19.5 Å². The SMILES string of the molecule is O=C(c1ccc(/C=C/C(=O)N2CCCc3ncccc32)cc1OC(F)F)N(F)F. The van der Waals surface area contributed by atoms with Crippen molar-refractivity contribution in [3.63, 3.8) is 0 Å². The highest BCUT2D eigenvalue weighted by Crippen LogP contribution is 2.27. The van der Waals surface area contributed by atoms with Crippen LogP contribution in [0, 0.1) is 0 Å². The van der Waals surface area contributed by atoms with Crippen molar-refractivity contribution in [3.8, 4) is 5.75 Å². The normalized spacial score (nSPS) is 13.5. The lowest BCUT2D eigenvalue weighted by Crippen LogP contribution is -2.34. The zero-order valence-corrected chi connectivity index (χ0v) is 14.9. The number of carbonyl (C=O) groups excluding carboxylic acids is 2. The molecule has 1 aliphatic heterocycles. The highest BCUT2D eigenvalue weighted by molar-refractivity contribution is 6.04. The van der Waals surface area contributed by atoms with E-state index in [0.29, 0.717) is 12.2 Å². The molecule has 2 heterocycles. The third-order valence-electron chi connectivity index (χ3n) is 4.24. The number of amides is 2. The molecule has 10 heteroatoms. The fraction of sp³-hybridized carbons (Fsp3) is 0.211. The van der Waals surface area contributed by atoms with Crippen LogP contribution >= 0.6 is 0 Å². The molecule has 2 amide bonds. The Morgan fingerprint density at radius 3 is 2.76 bits per heavy atom. The first-order valence-electron chi connectivity index (χ1n) is 8.55. The quantitative estimate of drug-likeness (QED) is 0.427. The summed E-state index contributed by atoms with van der Waals surface area (Å²) >= 11 is 0. The van der Waals surface area contributed by atoms with Crippen molar-refractivity contribution >= 4 is 23.6 Å². The van der Waals surface area contributed by atoms with Gasteiger partial charge in [-0.05, 0) is 48.7 Å². The molecular formula is C19H15F4N3O3. The van der Waals surface area contributed by atoms with Crippen LogP contribution in [-0.4, -0.2) is 35.3 Å². The molecule has 0 spiro atoms. The van der Waals surface area contributed by atoms with E-state index in [1.807, 2.05) is 0 Å². The minimum absolute atomic E-state index is 0.221. The van der Waals surface area contributed by atoms with Crippen molar-refractivity contribution in [1.82, 2.24) is 10.3 Å². The number of anilines is 1. The number of aromatic nitrogens is 1. The summed E-state index contributed by atoms with van der Waals surface area (Å²) in [4.78, 5) is 29.8. The third-order valence-corrected chi connectivity index (χ3v) is 4.24. The average molecular weight is 409 g/mol. The van der Waals surface area contributed by atoms with E-state index in [1.54, 1.807) is 23.2 Å².